The number of hydrogen-bond donors (Lipinski definition) is 4. The number of aromatic carboxylic acids is 1. The highest BCUT2D eigenvalue weighted by Crippen LogP contribution is 2.33. The second kappa shape index (κ2) is 11.5. The average Bonchev–Trinajstić information content (AvgIpc) is 3.63. The summed E-state index contributed by atoms with van der Waals surface area (Å²) in [5, 5.41) is 16.9. The molecule has 0 aliphatic heterocycles. The maximum absolute atomic E-state index is 13.2. The van der Waals surface area contributed by atoms with Gasteiger partial charge in [0.1, 0.15) is 17.0 Å². The molecule has 2 amide bonds. The third-order valence-corrected chi connectivity index (χ3v) is 7.42. The second-order valence-corrected chi connectivity index (χ2v) is 10.2. The van der Waals surface area contributed by atoms with Crippen LogP contribution in [0.4, 0.5) is 11.9 Å². The summed E-state index contributed by atoms with van der Waals surface area (Å²) in [6.45, 7) is 6.92. The Hall–Kier alpha value is -5.40. The number of amides is 2. The van der Waals surface area contributed by atoms with Gasteiger partial charge in [-0.05, 0) is 69.5 Å². The minimum atomic E-state index is -1.07. The minimum Gasteiger partial charge on any atom is -0.494 e. The highest BCUT2D eigenvalue weighted by atomic mass is 16.5. The number of aryl methyl sites for hydroxylation is 5. The van der Waals surface area contributed by atoms with Gasteiger partial charge in [-0.15, -0.1) is 0 Å². The largest absolute Gasteiger partial charge is 0.494 e. The summed E-state index contributed by atoms with van der Waals surface area (Å²) in [4.78, 5) is 45.8. The number of nitrogens with two attached hydrogens (primary N) is 2. The van der Waals surface area contributed by atoms with Crippen LogP contribution in [0.1, 0.15) is 62.2 Å². The maximum atomic E-state index is 13.2. The number of nitrogens with one attached hydrogen (secondary N) is 1. The highest BCUT2D eigenvalue weighted by molar-refractivity contribution is 6.03. The number of carboxylic acids is 1. The van der Waals surface area contributed by atoms with Gasteiger partial charge in [0.2, 0.25) is 17.8 Å². The molecule has 0 saturated heterocycles. The third-order valence-electron chi connectivity index (χ3n) is 7.42. The lowest BCUT2D eigenvalue weighted by Crippen LogP contribution is -2.20. The molecule has 0 fully saturated rings. The number of carbonyl (C=O) groups excluding carboxylic acids is 2. The number of anilines is 2. The normalized spacial score (nSPS) is 11.3. The van der Waals surface area contributed by atoms with Gasteiger partial charge in [0, 0.05) is 25.2 Å². The van der Waals surface area contributed by atoms with Crippen molar-refractivity contribution in [1.82, 2.24) is 28.9 Å². The number of hydrogen-bond acceptors (Lipinski definition) is 8. The van der Waals surface area contributed by atoms with Crippen molar-refractivity contribution in [3.05, 3.63) is 58.4 Å². The lowest BCUT2D eigenvalue weighted by atomic mass is 10.1. The van der Waals surface area contributed by atoms with Crippen LogP contribution in [-0.4, -0.2) is 58.9 Å². The first-order valence-electron chi connectivity index (χ1n) is 13.8. The summed E-state index contributed by atoms with van der Waals surface area (Å²) in [6, 6.07) is 8.18. The second-order valence-electron chi connectivity index (χ2n) is 10.2. The number of nitrogens with zero attached hydrogens (tertiary/aromatic N) is 6. The van der Waals surface area contributed by atoms with Crippen molar-refractivity contribution in [2.45, 2.75) is 53.2 Å². The molecule has 6 N–H and O–H groups in total. The number of methoxy groups -OCH3 is 1. The molecule has 0 atom stereocenters. The van der Waals surface area contributed by atoms with E-state index in [0.717, 1.165) is 11.2 Å². The molecule has 0 aliphatic carbocycles. The van der Waals surface area contributed by atoms with Gasteiger partial charge in [-0.25, -0.2) is 14.8 Å². The Bertz CT molecular complexity index is 1900. The van der Waals surface area contributed by atoms with Gasteiger partial charge in [0.25, 0.3) is 5.91 Å². The quantitative estimate of drug-likeness (QED) is 0.167. The number of primary amides is 1. The van der Waals surface area contributed by atoms with E-state index in [9.17, 15) is 19.5 Å². The number of fused-ring (bicyclic) bond motifs is 2. The Kier molecular flexibility index (Phi) is 7.76. The summed E-state index contributed by atoms with van der Waals surface area (Å²) in [5.74, 6) is -1.04. The van der Waals surface area contributed by atoms with Crippen molar-refractivity contribution in [2.24, 2.45) is 5.73 Å². The molecule has 2 aromatic carbocycles. The fraction of sp³-hybridized carbons (Fsp3) is 0.310. The fourth-order valence-corrected chi connectivity index (χ4v) is 5.30. The Morgan fingerprint density at radius 2 is 1.77 bits per heavy atom. The van der Waals surface area contributed by atoms with E-state index in [1.807, 2.05) is 23.0 Å². The van der Waals surface area contributed by atoms with Crippen molar-refractivity contribution >= 4 is 51.7 Å². The lowest BCUT2D eigenvalue weighted by molar-refractivity contribution is 0.0695. The van der Waals surface area contributed by atoms with Gasteiger partial charge < -0.3 is 30.4 Å². The number of imidazole rings is 2. The number of rotatable bonds is 11. The smallest absolute Gasteiger partial charge is 0.336 e. The molecular weight excluding hydrogens is 554 g/mol. The molecule has 0 radical (unpaired) electrons. The van der Waals surface area contributed by atoms with Crippen LogP contribution >= 0.6 is 0 Å². The summed E-state index contributed by atoms with van der Waals surface area (Å²) >= 11 is 0. The maximum Gasteiger partial charge on any atom is 0.336 e. The van der Waals surface area contributed by atoms with Crippen molar-refractivity contribution < 1.29 is 24.2 Å². The Labute approximate surface area is 246 Å². The summed E-state index contributed by atoms with van der Waals surface area (Å²) in [5.41, 5.74) is 16.2. The van der Waals surface area contributed by atoms with Crippen LogP contribution in [-0.2, 0) is 19.6 Å². The third kappa shape index (κ3) is 5.34. The summed E-state index contributed by atoms with van der Waals surface area (Å²) < 4.78 is 10.8. The minimum absolute atomic E-state index is 0.104. The SMILES string of the molecule is CCn1nc(C)cc1C(=O)Nc1nc2cc(C(N)=O)ccc2n1CCCCn1c(N)nc2c(C)c(C(=O)O)cc(OC)c21. The topological polar surface area (TPSA) is 198 Å². The van der Waals surface area contributed by atoms with Crippen molar-refractivity contribution in [1.29, 1.82) is 0 Å². The van der Waals surface area contributed by atoms with Gasteiger partial charge in [-0.2, -0.15) is 5.10 Å². The monoisotopic (exact) mass is 587 g/mol. The number of benzene rings is 2. The number of nitrogen functional groups attached to an aromatic ring is 1. The Morgan fingerprint density at radius 1 is 1.05 bits per heavy atom. The molecule has 14 heteroatoms. The average molecular weight is 588 g/mol. The van der Waals surface area contributed by atoms with Gasteiger partial charge in [0.15, 0.2) is 0 Å². The summed E-state index contributed by atoms with van der Waals surface area (Å²) in [6.07, 6.45) is 1.32. The van der Waals surface area contributed by atoms with Gasteiger partial charge in [0.05, 0.1) is 34.9 Å². The van der Waals surface area contributed by atoms with Crippen molar-refractivity contribution in [3.8, 4) is 5.75 Å². The zero-order valence-electron chi connectivity index (χ0n) is 24.3. The molecule has 0 saturated carbocycles. The first kappa shape index (κ1) is 29.1. The predicted octanol–water partition coefficient (Wildman–Crippen LogP) is 3.34. The molecular formula is C29H33N9O5. The summed E-state index contributed by atoms with van der Waals surface area (Å²) in [7, 11) is 1.47. The number of unbranched alkanes of at least 4 members (excludes halogenated alkanes) is 1. The molecule has 224 valence electrons. The molecule has 43 heavy (non-hydrogen) atoms. The lowest BCUT2D eigenvalue weighted by Gasteiger charge is -2.13. The molecule has 3 aromatic heterocycles. The van der Waals surface area contributed by atoms with E-state index >= 15 is 0 Å². The van der Waals surface area contributed by atoms with Crippen LogP contribution in [0.2, 0.25) is 0 Å². The highest BCUT2D eigenvalue weighted by Gasteiger charge is 2.22. The van der Waals surface area contributed by atoms with E-state index in [0.29, 0.717) is 77.5 Å². The zero-order chi connectivity index (χ0) is 31.0. The number of aromatic nitrogens is 6. The predicted molar refractivity (Wildman–Crippen MR) is 160 cm³/mol. The van der Waals surface area contributed by atoms with E-state index in [2.05, 4.69) is 20.4 Å². The van der Waals surface area contributed by atoms with Crippen molar-refractivity contribution in [3.63, 3.8) is 0 Å². The van der Waals surface area contributed by atoms with E-state index in [1.54, 1.807) is 35.9 Å². The van der Waals surface area contributed by atoms with E-state index in [1.165, 1.54) is 13.2 Å². The van der Waals surface area contributed by atoms with Gasteiger partial charge in [-0.3, -0.25) is 19.6 Å². The first-order chi connectivity index (χ1) is 20.5. The van der Waals surface area contributed by atoms with Gasteiger partial charge in [-0.1, -0.05) is 0 Å². The van der Waals surface area contributed by atoms with Crippen LogP contribution in [0.5, 0.6) is 5.75 Å². The molecule has 3 heterocycles. The fourth-order valence-electron chi connectivity index (χ4n) is 5.30. The Morgan fingerprint density at radius 3 is 2.42 bits per heavy atom. The molecule has 14 nitrogen and oxygen atoms in total. The molecule has 0 spiro atoms. The van der Waals surface area contributed by atoms with E-state index < -0.39 is 11.9 Å². The van der Waals surface area contributed by atoms with E-state index in [-0.39, 0.29) is 17.4 Å². The van der Waals surface area contributed by atoms with Crippen LogP contribution in [0.3, 0.4) is 0 Å². The van der Waals surface area contributed by atoms with Crippen LogP contribution < -0.4 is 21.5 Å². The zero-order valence-corrected chi connectivity index (χ0v) is 24.3. The standard InChI is InChI=1S/C29H33N9O5/c1-5-38-21(12-15(2)35-38)26(40)34-29-32-19-13-17(25(30)39)8-9-20(19)36(29)10-6-7-11-37-24-22(43-4)14-18(27(41)42)16(3)23(24)33-28(37)31/h8-9,12-14H,5-7,10-11H2,1-4H3,(H2,30,39)(H2,31,33)(H,41,42)(H,32,34,40). The molecule has 0 aliphatic rings. The van der Waals surface area contributed by atoms with E-state index in [4.69, 9.17) is 16.2 Å². The number of carboxylic acid groups (broad SMARTS) is 1. The molecule has 0 unspecified atom stereocenters. The number of ether oxygens (including phenoxy) is 1. The van der Waals surface area contributed by atoms with Crippen molar-refractivity contribution in [2.75, 3.05) is 18.2 Å². The van der Waals surface area contributed by atoms with Gasteiger partial charge >= 0.3 is 5.97 Å². The first-order valence-corrected chi connectivity index (χ1v) is 13.8. The molecule has 5 aromatic rings. The molecule has 0 bridgehead atoms. The van der Waals surface area contributed by atoms with Crippen LogP contribution in [0.25, 0.3) is 22.1 Å². The number of carbonyl (C=O) groups is 3. The van der Waals surface area contributed by atoms with Crippen LogP contribution in [0, 0.1) is 13.8 Å². The molecule has 5 rings (SSSR count). The van der Waals surface area contributed by atoms with Crippen LogP contribution in [0.15, 0.2) is 30.3 Å². The Balaban J connectivity index is 1.42.